The van der Waals surface area contributed by atoms with Gasteiger partial charge in [-0.25, -0.2) is 18.7 Å². The van der Waals surface area contributed by atoms with Crippen LogP contribution in [0.5, 0.6) is 0 Å². The standard InChI is InChI=1S/C17H19F5N4O4S/c1-8-11-5-9(18)6-12(19)14(11)30-13(8)15(17(20,21)22)25-16(27)24-10-3-2-4-26(7-10)31(23,28)29/h5-6,10,15H,2-4,7H2,1H3,(H2,23,28,29)(H2,24,25,27)/t10-,15-/m0/s1. The topological polar surface area (TPSA) is 118 Å². The summed E-state index contributed by atoms with van der Waals surface area (Å²) in [5.41, 5.74) is -0.754. The largest absolute Gasteiger partial charge is 0.455 e. The fourth-order valence-electron chi connectivity index (χ4n) is 3.48. The zero-order valence-electron chi connectivity index (χ0n) is 16.1. The smallest absolute Gasteiger partial charge is 0.416 e. The fourth-order valence-corrected chi connectivity index (χ4v) is 4.25. The van der Waals surface area contributed by atoms with Gasteiger partial charge in [-0.1, -0.05) is 0 Å². The van der Waals surface area contributed by atoms with Gasteiger partial charge in [0.25, 0.3) is 10.2 Å². The number of amides is 2. The van der Waals surface area contributed by atoms with Crippen LogP contribution in [0.2, 0.25) is 0 Å². The molecule has 1 aliphatic heterocycles. The summed E-state index contributed by atoms with van der Waals surface area (Å²) in [5, 5.41) is 8.86. The van der Waals surface area contributed by atoms with Crippen LogP contribution in [0, 0.1) is 18.6 Å². The maximum atomic E-state index is 13.9. The van der Waals surface area contributed by atoms with Gasteiger partial charge in [-0.3, -0.25) is 0 Å². The van der Waals surface area contributed by atoms with E-state index in [1.54, 1.807) is 5.32 Å². The lowest BCUT2D eigenvalue weighted by atomic mass is 10.1. The van der Waals surface area contributed by atoms with Crippen molar-refractivity contribution in [3.8, 4) is 0 Å². The van der Waals surface area contributed by atoms with Crippen molar-refractivity contribution in [2.24, 2.45) is 5.14 Å². The average molecular weight is 470 g/mol. The number of nitrogens with zero attached hydrogens (tertiary/aromatic N) is 1. The molecule has 31 heavy (non-hydrogen) atoms. The number of benzene rings is 1. The van der Waals surface area contributed by atoms with Crippen LogP contribution in [0.25, 0.3) is 11.0 Å². The van der Waals surface area contributed by atoms with E-state index in [0.717, 1.165) is 10.4 Å². The van der Waals surface area contributed by atoms with Gasteiger partial charge in [0.2, 0.25) is 0 Å². The molecule has 2 amide bonds. The number of hydrogen-bond donors (Lipinski definition) is 3. The van der Waals surface area contributed by atoms with Crippen molar-refractivity contribution in [2.45, 2.75) is 38.0 Å². The van der Waals surface area contributed by atoms with E-state index in [9.17, 15) is 35.2 Å². The second kappa shape index (κ2) is 8.24. The van der Waals surface area contributed by atoms with Crippen molar-refractivity contribution in [3.63, 3.8) is 0 Å². The first-order valence-electron chi connectivity index (χ1n) is 9.07. The molecule has 1 fully saturated rings. The maximum Gasteiger partial charge on any atom is 0.416 e. The highest BCUT2D eigenvalue weighted by atomic mass is 32.2. The van der Waals surface area contributed by atoms with Crippen LogP contribution in [0.4, 0.5) is 26.7 Å². The van der Waals surface area contributed by atoms with Gasteiger partial charge in [-0.15, -0.1) is 0 Å². The fraction of sp³-hybridized carbons (Fsp3) is 0.471. The Labute approximate surface area is 173 Å². The van der Waals surface area contributed by atoms with Gasteiger partial charge in [0.15, 0.2) is 17.4 Å². The second-order valence-electron chi connectivity index (χ2n) is 7.19. The molecule has 1 aromatic carbocycles. The molecule has 0 aliphatic carbocycles. The summed E-state index contributed by atoms with van der Waals surface area (Å²) < 4.78 is 97.2. The molecule has 1 aromatic heterocycles. The molecular weight excluding hydrogens is 451 g/mol. The Balaban J connectivity index is 1.83. The molecular formula is C17H19F5N4O4S. The normalized spacial score (nSPS) is 19.4. The van der Waals surface area contributed by atoms with E-state index >= 15 is 0 Å². The van der Waals surface area contributed by atoms with Crippen molar-refractivity contribution in [3.05, 3.63) is 35.1 Å². The molecule has 0 saturated carbocycles. The highest BCUT2D eigenvalue weighted by molar-refractivity contribution is 7.86. The summed E-state index contributed by atoms with van der Waals surface area (Å²) in [6.45, 7) is 1.12. The number of halogens is 5. The summed E-state index contributed by atoms with van der Waals surface area (Å²) in [6.07, 6.45) is -4.36. The van der Waals surface area contributed by atoms with Crippen LogP contribution in [-0.4, -0.2) is 44.1 Å². The zero-order chi connectivity index (χ0) is 23.1. The number of nitrogens with two attached hydrogens (primary N) is 1. The average Bonchev–Trinajstić information content (AvgIpc) is 2.95. The van der Waals surface area contributed by atoms with Crippen LogP contribution in [0.1, 0.15) is 30.2 Å². The van der Waals surface area contributed by atoms with Crippen LogP contribution >= 0.6 is 0 Å². The molecule has 0 bridgehead atoms. The molecule has 2 aromatic rings. The lowest BCUT2D eigenvalue weighted by Gasteiger charge is -2.31. The molecule has 0 spiro atoms. The molecule has 14 heteroatoms. The van der Waals surface area contributed by atoms with E-state index in [1.807, 2.05) is 0 Å². The lowest BCUT2D eigenvalue weighted by molar-refractivity contribution is -0.158. The number of furan rings is 1. The summed E-state index contributed by atoms with van der Waals surface area (Å²) in [5.74, 6) is -2.97. The number of alkyl halides is 3. The van der Waals surface area contributed by atoms with Crippen molar-refractivity contribution >= 4 is 27.2 Å². The Hall–Kier alpha value is -2.45. The molecule has 8 nitrogen and oxygen atoms in total. The van der Waals surface area contributed by atoms with Crippen LogP contribution in [0.3, 0.4) is 0 Å². The van der Waals surface area contributed by atoms with Crippen molar-refractivity contribution in [1.29, 1.82) is 0 Å². The number of nitrogens with one attached hydrogen (secondary N) is 2. The van der Waals surface area contributed by atoms with Crippen molar-refractivity contribution < 1.29 is 39.6 Å². The summed E-state index contributed by atoms with van der Waals surface area (Å²) >= 11 is 0. The van der Waals surface area contributed by atoms with E-state index in [2.05, 4.69) is 5.32 Å². The van der Waals surface area contributed by atoms with E-state index in [0.29, 0.717) is 18.9 Å². The molecule has 2 atom stereocenters. The monoisotopic (exact) mass is 470 g/mol. The third-order valence-corrected chi connectivity index (χ3v) is 5.99. The quantitative estimate of drug-likeness (QED) is 0.596. The Kier molecular flexibility index (Phi) is 6.17. The number of aryl methyl sites for hydroxylation is 1. The third-order valence-electron chi connectivity index (χ3n) is 4.94. The number of carbonyl (C=O) groups is 1. The SMILES string of the molecule is Cc1c([C@H](NC(=O)N[C@H]2CCCN(S(N)(=O)=O)C2)C(F)(F)F)oc2c(F)cc(F)cc12. The Bertz CT molecular complexity index is 1100. The van der Waals surface area contributed by atoms with E-state index in [-0.39, 0.29) is 24.0 Å². The molecule has 172 valence electrons. The number of rotatable bonds is 4. The van der Waals surface area contributed by atoms with Crippen LogP contribution in [-0.2, 0) is 10.2 Å². The lowest BCUT2D eigenvalue weighted by Crippen LogP contribution is -2.54. The Morgan fingerprint density at radius 2 is 2.00 bits per heavy atom. The van der Waals surface area contributed by atoms with Crippen LogP contribution < -0.4 is 15.8 Å². The summed E-state index contributed by atoms with van der Waals surface area (Å²) in [7, 11) is -4.01. The first-order valence-corrected chi connectivity index (χ1v) is 10.6. The summed E-state index contributed by atoms with van der Waals surface area (Å²) in [4.78, 5) is 12.2. The first kappa shape index (κ1) is 23.2. The predicted octanol–water partition coefficient (Wildman–Crippen LogP) is 2.59. The van der Waals surface area contributed by atoms with E-state index in [1.165, 1.54) is 6.92 Å². The number of piperidine rings is 1. The highest BCUT2D eigenvalue weighted by Crippen LogP contribution is 2.39. The number of urea groups is 1. The minimum atomic E-state index is -5.02. The van der Waals surface area contributed by atoms with Gasteiger partial charge >= 0.3 is 12.2 Å². The predicted molar refractivity (Wildman–Crippen MR) is 99.0 cm³/mol. The summed E-state index contributed by atoms with van der Waals surface area (Å²) in [6, 6.07) is -3.37. The van der Waals surface area contributed by atoms with Gasteiger partial charge in [0, 0.05) is 36.1 Å². The highest BCUT2D eigenvalue weighted by Gasteiger charge is 2.45. The van der Waals surface area contributed by atoms with Gasteiger partial charge in [0.1, 0.15) is 11.6 Å². The molecule has 0 unspecified atom stereocenters. The molecule has 4 N–H and O–H groups in total. The Morgan fingerprint density at radius 1 is 1.32 bits per heavy atom. The number of fused-ring (bicyclic) bond motifs is 1. The zero-order valence-corrected chi connectivity index (χ0v) is 16.9. The number of hydrogen-bond acceptors (Lipinski definition) is 4. The van der Waals surface area contributed by atoms with Crippen LogP contribution in [0.15, 0.2) is 16.5 Å². The molecule has 1 saturated heterocycles. The molecule has 0 radical (unpaired) electrons. The molecule has 1 aliphatic rings. The number of carbonyl (C=O) groups excluding carboxylic acids is 1. The molecule has 3 rings (SSSR count). The van der Waals surface area contributed by atoms with Crippen molar-refractivity contribution in [2.75, 3.05) is 13.1 Å². The van der Waals surface area contributed by atoms with Gasteiger partial charge in [-0.05, 0) is 25.8 Å². The van der Waals surface area contributed by atoms with Crippen molar-refractivity contribution in [1.82, 2.24) is 14.9 Å². The van der Waals surface area contributed by atoms with E-state index in [4.69, 9.17) is 9.56 Å². The van der Waals surface area contributed by atoms with Gasteiger partial charge < -0.3 is 15.1 Å². The Morgan fingerprint density at radius 3 is 2.61 bits per heavy atom. The molecule has 2 heterocycles. The van der Waals surface area contributed by atoms with Gasteiger partial charge in [0.05, 0.1) is 0 Å². The minimum Gasteiger partial charge on any atom is -0.455 e. The second-order valence-corrected chi connectivity index (χ2v) is 8.74. The third kappa shape index (κ3) is 5.07. The first-order chi connectivity index (χ1) is 14.3. The maximum absolute atomic E-state index is 13.9. The minimum absolute atomic E-state index is 0.129. The van der Waals surface area contributed by atoms with E-state index < -0.39 is 57.5 Å². The van der Waals surface area contributed by atoms with Gasteiger partial charge in [-0.2, -0.15) is 25.9 Å².